The minimum absolute atomic E-state index is 0.0897. The third-order valence-electron chi connectivity index (χ3n) is 13.8. The molecular weight excluding hydrogens is 737 g/mol. The van der Waals surface area contributed by atoms with Crippen molar-refractivity contribution in [2.24, 2.45) is 5.92 Å². The summed E-state index contributed by atoms with van der Waals surface area (Å²) in [4.78, 5) is 4.84. The Hall–Kier alpha value is -6.90. The van der Waals surface area contributed by atoms with Gasteiger partial charge in [-0.2, -0.15) is 0 Å². The van der Waals surface area contributed by atoms with Crippen LogP contribution in [0.4, 0.5) is 34.1 Å². The van der Waals surface area contributed by atoms with Crippen LogP contribution in [0.2, 0.25) is 0 Å². The lowest BCUT2D eigenvalue weighted by Gasteiger charge is -2.36. The second kappa shape index (κ2) is 15.6. The molecule has 0 bridgehead atoms. The predicted molar refractivity (Wildman–Crippen MR) is 258 cm³/mol. The van der Waals surface area contributed by atoms with Crippen LogP contribution in [0.3, 0.4) is 0 Å². The Balaban J connectivity index is 0.963. The van der Waals surface area contributed by atoms with E-state index >= 15 is 0 Å². The molecule has 3 aliphatic carbocycles. The summed E-state index contributed by atoms with van der Waals surface area (Å²) in [6.45, 7) is 2.31. The largest absolute Gasteiger partial charge is 0.310 e. The molecule has 8 aromatic carbocycles. The first-order chi connectivity index (χ1) is 30.1. The van der Waals surface area contributed by atoms with Crippen LogP contribution in [-0.4, -0.2) is 0 Å². The summed E-state index contributed by atoms with van der Waals surface area (Å²) in [6.07, 6.45) is 15.3. The maximum atomic E-state index is 2.53. The van der Waals surface area contributed by atoms with Crippen molar-refractivity contribution in [2.75, 3.05) is 9.80 Å². The molecule has 2 atom stereocenters. The van der Waals surface area contributed by atoms with E-state index in [0.717, 1.165) is 17.1 Å². The van der Waals surface area contributed by atoms with Gasteiger partial charge in [0.25, 0.3) is 0 Å². The molecule has 11 rings (SSSR count). The normalized spacial score (nSPS) is 17.3. The van der Waals surface area contributed by atoms with Crippen molar-refractivity contribution < 1.29 is 0 Å². The standard InChI is InChI=1S/C59H50N2/c1-42-15-6-8-20-52(42)46-29-35-49(36-30-46)60(51-37-38-55-54-22-10-11-23-56(54)59(57(55)41-51)39-12-3-13-40-59)48-31-25-43(26-32-48)44-27-33-50(34-28-44)61(47-18-4-2-5-19-47)58-24-14-17-45-16-7-9-21-53(45)58/h2,4-11,14-38,41-42,52H,3,12-13,39-40H2,1H3. The van der Waals surface area contributed by atoms with E-state index in [2.05, 4.69) is 229 Å². The first kappa shape index (κ1) is 37.1. The number of rotatable bonds is 8. The Morgan fingerprint density at radius 1 is 0.443 bits per heavy atom. The lowest BCUT2D eigenvalue weighted by Crippen LogP contribution is -2.28. The van der Waals surface area contributed by atoms with Crippen molar-refractivity contribution in [2.45, 2.75) is 50.4 Å². The maximum absolute atomic E-state index is 2.53. The summed E-state index contributed by atoms with van der Waals surface area (Å²) < 4.78 is 0. The lowest BCUT2D eigenvalue weighted by molar-refractivity contribution is 0.353. The number of nitrogens with zero attached hydrogens (tertiary/aromatic N) is 2. The van der Waals surface area contributed by atoms with Crippen molar-refractivity contribution in [1.29, 1.82) is 0 Å². The smallest absolute Gasteiger partial charge is 0.0540 e. The van der Waals surface area contributed by atoms with Crippen LogP contribution in [0.5, 0.6) is 0 Å². The number of allylic oxidation sites excluding steroid dienone is 4. The molecule has 2 nitrogen and oxygen atoms in total. The molecule has 1 saturated carbocycles. The summed E-state index contributed by atoms with van der Waals surface area (Å²) in [5, 5.41) is 2.46. The van der Waals surface area contributed by atoms with Gasteiger partial charge in [0.2, 0.25) is 0 Å². The highest BCUT2D eigenvalue weighted by Gasteiger charge is 2.44. The summed E-state index contributed by atoms with van der Waals surface area (Å²) >= 11 is 0. The average molecular weight is 787 g/mol. The molecule has 61 heavy (non-hydrogen) atoms. The summed E-state index contributed by atoms with van der Waals surface area (Å²) in [5.74, 6) is 0.855. The quantitative estimate of drug-likeness (QED) is 0.151. The van der Waals surface area contributed by atoms with E-state index in [1.54, 1.807) is 0 Å². The average Bonchev–Trinajstić information content (AvgIpc) is 3.58. The minimum atomic E-state index is 0.0897. The Kier molecular flexibility index (Phi) is 9.50. The molecular formula is C59H50N2. The van der Waals surface area contributed by atoms with E-state index in [-0.39, 0.29) is 5.41 Å². The molecule has 3 aliphatic rings. The van der Waals surface area contributed by atoms with Gasteiger partial charge in [-0.15, -0.1) is 0 Å². The van der Waals surface area contributed by atoms with Gasteiger partial charge in [-0.1, -0.05) is 172 Å². The van der Waals surface area contributed by atoms with Crippen LogP contribution in [0.25, 0.3) is 33.0 Å². The van der Waals surface area contributed by atoms with Gasteiger partial charge in [-0.3, -0.25) is 0 Å². The molecule has 0 N–H and O–H groups in total. The molecule has 0 heterocycles. The van der Waals surface area contributed by atoms with E-state index in [0.29, 0.717) is 11.8 Å². The number of fused-ring (bicyclic) bond motifs is 6. The number of anilines is 6. The van der Waals surface area contributed by atoms with Gasteiger partial charge >= 0.3 is 0 Å². The van der Waals surface area contributed by atoms with Gasteiger partial charge in [0.1, 0.15) is 0 Å². The topological polar surface area (TPSA) is 6.48 Å². The Morgan fingerprint density at radius 2 is 1.02 bits per heavy atom. The molecule has 1 spiro atoms. The van der Waals surface area contributed by atoms with E-state index < -0.39 is 0 Å². The molecule has 2 unspecified atom stereocenters. The highest BCUT2D eigenvalue weighted by molar-refractivity contribution is 5.99. The van der Waals surface area contributed by atoms with Crippen LogP contribution in [0.15, 0.2) is 212 Å². The lowest BCUT2D eigenvalue weighted by atomic mass is 9.68. The minimum Gasteiger partial charge on any atom is -0.310 e. The third-order valence-corrected chi connectivity index (χ3v) is 13.8. The van der Waals surface area contributed by atoms with E-state index in [9.17, 15) is 0 Å². The van der Waals surface area contributed by atoms with Crippen LogP contribution < -0.4 is 9.80 Å². The van der Waals surface area contributed by atoms with Gasteiger partial charge in [-0.05, 0) is 130 Å². The molecule has 0 saturated heterocycles. The second-order valence-electron chi connectivity index (χ2n) is 17.3. The molecule has 0 aromatic heterocycles. The van der Waals surface area contributed by atoms with E-state index in [1.165, 1.54) is 98.9 Å². The van der Waals surface area contributed by atoms with Crippen molar-refractivity contribution in [3.8, 4) is 22.3 Å². The number of benzene rings is 8. The zero-order chi connectivity index (χ0) is 40.8. The molecule has 0 radical (unpaired) electrons. The fourth-order valence-electron chi connectivity index (χ4n) is 10.7. The summed E-state index contributed by atoms with van der Waals surface area (Å²) in [5.41, 5.74) is 16.7. The van der Waals surface area contributed by atoms with Crippen LogP contribution >= 0.6 is 0 Å². The number of hydrogen-bond acceptors (Lipinski definition) is 2. The number of hydrogen-bond donors (Lipinski definition) is 0. The van der Waals surface area contributed by atoms with Gasteiger partial charge in [0, 0.05) is 45.2 Å². The third kappa shape index (κ3) is 6.59. The summed E-state index contributed by atoms with van der Waals surface area (Å²) in [7, 11) is 0. The Morgan fingerprint density at radius 3 is 1.75 bits per heavy atom. The highest BCUT2D eigenvalue weighted by atomic mass is 15.1. The van der Waals surface area contributed by atoms with Crippen LogP contribution in [0.1, 0.15) is 61.6 Å². The maximum Gasteiger partial charge on any atom is 0.0540 e. The zero-order valence-corrected chi connectivity index (χ0v) is 34.8. The van der Waals surface area contributed by atoms with Gasteiger partial charge in [-0.25, -0.2) is 0 Å². The Bertz CT molecular complexity index is 2890. The molecule has 0 aliphatic heterocycles. The molecule has 1 fully saturated rings. The van der Waals surface area contributed by atoms with Crippen molar-refractivity contribution >= 4 is 44.9 Å². The zero-order valence-electron chi connectivity index (χ0n) is 34.8. The SMILES string of the molecule is CC1C=CC=CC1c1ccc(N(c2ccc(-c3ccc(N(c4ccccc4)c4cccc5ccccc45)cc3)cc2)c2ccc3c(c2)C2(CCCCC2)c2ccccc2-3)cc1. The highest BCUT2D eigenvalue weighted by Crippen LogP contribution is 2.57. The second-order valence-corrected chi connectivity index (χ2v) is 17.3. The van der Waals surface area contributed by atoms with Gasteiger partial charge in [0.15, 0.2) is 0 Å². The first-order valence-electron chi connectivity index (χ1n) is 22.2. The summed E-state index contributed by atoms with van der Waals surface area (Å²) in [6, 6.07) is 70.0. The van der Waals surface area contributed by atoms with E-state index in [4.69, 9.17) is 0 Å². The van der Waals surface area contributed by atoms with E-state index in [1.807, 2.05) is 0 Å². The van der Waals surface area contributed by atoms with Gasteiger partial charge in [0.05, 0.1) is 5.69 Å². The van der Waals surface area contributed by atoms with Crippen LogP contribution in [-0.2, 0) is 5.41 Å². The first-order valence-corrected chi connectivity index (χ1v) is 22.2. The van der Waals surface area contributed by atoms with Crippen molar-refractivity contribution in [1.82, 2.24) is 0 Å². The molecule has 296 valence electrons. The monoisotopic (exact) mass is 786 g/mol. The Labute approximate surface area is 360 Å². The van der Waals surface area contributed by atoms with Crippen molar-refractivity contribution in [3.63, 3.8) is 0 Å². The number of para-hydroxylation sites is 1. The molecule has 2 heteroatoms. The van der Waals surface area contributed by atoms with Crippen LogP contribution in [0, 0.1) is 5.92 Å². The fraction of sp³-hybridized carbons (Fsp3) is 0.153. The van der Waals surface area contributed by atoms with Gasteiger partial charge < -0.3 is 9.80 Å². The fourth-order valence-corrected chi connectivity index (χ4v) is 10.7. The van der Waals surface area contributed by atoms with Crippen molar-refractivity contribution in [3.05, 3.63) is 229 Å². The molecule has 8 aromatic rings. The predicted octanol–water partition coefficient (Wildman–Crippen LogP) is 16.5. The molecule has 0 amide bonds.